The zero-order valence-electron chi connectivity index (χ0n) is 15.7. The average Bonchev–Trinajstić information content (AvgIpc) is 3.19. The number of amides is 1. The third kappa shape index (κ3) is 3.34. The number of rotatable bonds is 2. The van der Waals surface area contributed by atoms with Gasteiger partial charge in [0.2, 0.25) is 0 Å². The predicted octanol–water partition coefficient (Wildman–Crippen LogP) is 2.91. The minimum absolute atomic E-state index is 0.0735. The Morgan fingerprint density at radius 2 is 1.90 bits per heavy atom. The summed E-state index contributed by atoms with van der Waals surface area (Å²) >= 11 is 6.55. The molecule has 2 aromatic rings. The zero-order valence-corrected chi connectivity index (χ0v) is 17.2. The summed E-state index contributed by atoms with van der Waals surface area (Å²) in [5, 5.41) is 3.30. The van der Waals surface area contributed by atoms with E-state index in [1.807, 2.05) is 18.2 Å². The number of carbonyl (C=O) groups excluding carboxylic acids is 1. The number of piperidine rings is 1. The number of hydrogen-bond acceptors (Lipinski definition) is 6. The van der Waals surface area contributed by atoms with Gasteiger partial charge in [0.25, 0.3) is 0 Å². The van der Waals surface area contributed by atoms with Crippen molar-refractivity contribution in [2.75, 3.05) is 24.5 Å². The molecule has 1 aromatic heterocycles. The highest BCUT2D eigenvalue weighted by molar-refractivity contribution is 7.90. The van der Waals surface area contributed by atoms with E-state index < -0.39 is 15.4 Å². The highest BCUT2D eigenvalue weighted by atomic mass is 35.5. The Balaban J connectivity index is 1.47. The van der Waals surface area contributed by atoms with Gasteiger partial charge in [0.15, 0.2) is 9.84 Å². The van der Waals surface area contributed by atoms with Gasteiger partial charge in [-0.3, -0.25) is 4.98 Å². The Labute approximate surface area is 173 Å². The SMILES string of the molecule is O=C1NCC2(CCN(c3c(Cl)cncc3-c3ccc4c(c3)CS(=O)(=O)C4)CC2)O1. The van der Waals surface area contributed by atoms with Gasteiger partial charge in [0, 0.05) is 43.9 Å². The lowest BCUT2D eigenvalue weighted by Crippen LogP contribution is -2.46. The molecule has 0 radical (unpaired) electrons. The lowest BCUT2D eigenvalue weighted by Gasteiger charge is -2.39. The molecule has 0 atom stereocenters. The van der Waals surface area contributed by atoms with Gasteiger partial charge in [-0.25, -0.2) is 13.2 Å². The highest BCUT2D eigenvalue weighted by Crippen LogP contribution is 2.41. The summed E-state index contributed by atoms with van der Waals surface area (Å²) in [6.07, 6.45) is 4.47. The van der Waals surface area contributed by atoms with Crippen LogP contribution in [0.2, 0.25) is 5.02 Å². The number of aromatic nitrogens is 1. The van der Waals surface area contributed by atoms with Crippen molar-refractivity contribution in [1.82, 2.24) is 10.3 Å². The first-order valence-corrected chi connectivity index (χ1v) is 11.7. The third-order valence-electron chi connectivity index (χ3n) is 6.00. The number of halogens is 1. The molecule has 0 bridgehead atoms. The molecule has 5 rings (SSSR count). The van der Waals surface area contributed by atoms with E-state index in [2.05, 4.69) is 15.2 Å². The maximum absolute atomic E-state index is 12.0. The molecule has 3 aliphatic rings. The number of anilines is 1. The van der Waals surface area contributed by atoms with Crippen molar-refractivity contribution in [1.29, 1.82) is 0 Å². The van der Waals surface area contributed by atoms with Crippen LogP contribution in [0.15, 0.2) is 30.6 Å². The maximum Gasteiger partial charge on any atom is 0.407 e. The monoisotopic (exact) mass is 433 g/mol. The smallest absolute Gasteiger partial charge is 0.407 e. The molecular formula is C20H20ClN3O4S. The van der Waals surface area contributed by atoms with Crippen LogP contribution in [0, 0.1) is 0 Å². The maximum atomic E-state index is 12.0. The van der Waals surface area contributed by atoms with Crippen LogP contribution in [0.3, 0.4) is 0 Å². The number of nitrogens with one attached hydrogen (secondary N) is 1. The number of pyridine rings is 1. The minimum atomic E-state index is -3.06. The lowest BCUT2D eigenvalue weighted by atomic mass is 9.90. The average molecular weight is 434 g/mol. The van der Waals surface area contributed by atoms with Crippen molar-refractivity contribution >= 4 is 33.2 Å². The van der Waals surface area contributed by atoms with Gasteiger partial charge in [-0.15, -0.1) is 0 Å². The third-order valence-corrected chi connectivity index (χ3v) is 7.77. The second-order valence-electron chi connectivity index (χ2n) is 7.95. The molecular weight excluding hydrogens is 414 g/mol. The first-order valence-electron chi connectivity index (χ1n) is 9.52. The quantitative estimate of drug-likeness (QED) is 0.783. The van der Waals surface area contributed by atoms with Crippen molar-refractivity contribution in [3.05, 3.63) is 46.7 Å². The van der Waals surface area contributed by atoms with Gasteiger partial charge in [0.05, 0.1) is 28.8 Å². The summed E-state index contributed by atoms with van der Waals surface area (Å²) in [6.45, 7) is 1.94. The van der Waals surface area contributed by atoms with Crippen LogP contribution < -0.4 is 10.2 Å². The van der Waals surface area contributed by atoms with Crippen molar-refractivity contribution < 1.29 is 17.9 Å². The second-order valence-corrected chi connectivity index (χ2v) is 10.4. The molecule has 0 unspecified atom stereocenters. The Morgan fingerprint density at radius 1 is 1.14 bits per heavy atom. The Kier molecular flexibility index (Phi) is 4.25. The van der Waals surface area contributed by atoms with Gasteiger partial charge in [0.1, 0.15) is 5.60 Å². The summed E-state index contributed by atoms with van der Waals surface area (Å²) in [5.41, 5.74) is 3.93. The standard InChI is InChI=1S/C20H20ClN3O4S/c21-17-9-22-8-16(13-1-2-14-10-29(26,27)11-15(14)7-13)18(17)24-5-3-20(4-6-24)12-23-19(25)28-20/h1-2,7-9H,3-6,10-12H2,(H,23,25). The van der Waals surface area contributed by atoms with E-state index in [1.165, 1.54) is 0 Å². The molecule has 1 N–H and O–H groups in total. The molecule has 0 saturated carbocycles. The van der Waals surface area contributed by atoms with Crippen molar-refractivity contribution in [3.63, 3.8) is 0 Å². The topological polar surface area (TPSA) is 88.6 Å². The molecule has 9 heteroatoms. The fraction of sp³-hybridized carbons (Fsp3) is 0.400. The number of fused-ring (bicyclic) bond motifs is 1. The van der Waals surface area contributed by atoms with Crippen LogP contribution in [0.5, 0.6) is 0 Å². The fourth-order valence-electron chi connectivity index (χ4n) is 4.47. The van der Waals surface area contributed by atoms with Crippen LogP contribution in [-0.2, 0) is 26.1 Å². The van der Waals surface area contributed by atoms with Gasteiger partial charge in [-0.2, -0.15) is 0 Å². The molecule has 1 amide bonds. The largest absolute Gasteiger partial charge is 0.441 e. The fourth-order valence-corrected chi connectivity index (χ4v) is 6.35. The van der Waals surface area contributed by atoms with E-state index >= 15 is 0 Å². The Bertz CT molecular complexity index is 1110. The van der Waals surface area contributed by atoms with Crippen LogP contribution in [0.1, 0.15) is 24.0 Å². The minimum Gasteiger partial charge on any atom is -0.441 e. The van der Waals surface area contributed by atoms with Crippen LogP contribution in [0.4, 0.5) is 10.5 Å². The van der Waals surface area contributed by atoms with Gasteiger partial charge in [-0.1, -0.05) is 23.7 Å². The number of nitrogens with zero attached hydrogens (tertiary/aromatic N) is 2. The molecule has 1 aromatic carbocycles. The predicted molar refractivity (Wildman–Crippen MR) is 110 cm³/mol. The zero-order chi connectivity index (χ0) is 20.2. The molecule has 1 spiro atoms. The normalized spacial score (nSPS) is 21.7. The molecule has 3 aliphatic heterocycles. The number of sulfone groups is 1. The second kappa shape index (κ2) is 6.60. The molecule has 29 heavy (non-hydrogen) atoms. The molecule has 2 fully saturated rings. The molecule has 152 valence electrons. The lowest BCUT2D eigenvalue weighted by molar-refractivity contribution is 0.0367. The summed E-state index contributed by atoms with van der Waals surface area (Å²) in [6, 6.07) is 5.75. The van der Waals surface area contributed by atoms with Crippen LogP contribution >= 0.6 is 11.6 Å². The van der Waals surface area contributed by atoms with Crippen LogP contribution in [0.25, 0.3) is 11.1 Å². The molecule has 7 nitrogen and oxygen atoms in total. The Morgan fingerprint density at radius 3 is 2.62 bits per heavy atom. The number of alkyl carbamates (subject to hydrolysis) is 1. The van der Waals surface area contributed by atoms with E-state index in [9.17, 15) is 13.2 Å². The van der Waals surface area contributed by atoms with E-state index in [4.69, 9.17) is 16.3 Å². The summed E-state index contributed by atoms with van der Waals surface area (Å²) in [4.78, 5) is 17.9. The van der Waals surface area contributed by atoms with E-state index in [-0.39, 0.29) is 17.6 Å². The van der Waals surface area contributed by atoms with E-state index in [0.29, 0.717) is 37.5 Å². The van der Waals surface area contributed by atoms with Gasteiger partial charge >= 0.3 is 6.09 Å². The van der Waals surface area contributed by atoms with E-state index in [0.717, 1.165) is 27.9 Å². The summed E-state index contributed by atoms with van der Waals surface area (Å²) < 4.78 is 29.4. The van der Waals surface area contributed by atoms with Crippen LogP contribution in [-0.4, -0.2) is 44.7 Å². The molecule has 0 aliphatic carbocycles. The first kappa shape index (κ1) is 18.7. The van der Waals surface area contributed by atoms with Gasteiger partial charge < -0.3 is 15.0 Å². The Hall–Kier alpha value is -2.32. The summed E-state index contributed by atoms with van der Waals surface area (Å²) in [5.74, 6) is 0.175. The van der Waals surface area contributed by atoms with E-state index in [1.54, 1.807) is 12.4 Å². The highest BCUT2D eigenvalue weighted by Gasteiger charge is 2.43. The summed E-state index contributed by atoms with van der Waals surface area (Å²) in [7, 11) is -3.06. The number of carbonyl (C=O) groups is 1. The number of ether oxygens (including phenoxy) is 1. The molecule has 2 saturated heterocycles. The van der Waals surface area contributed by atoms with Crippen molar-refractivity contribution in [3.8, 4) is 11.1 Å². The number of benzene rings is 1. The van der Waals surface area contributed by atoms with Gasteiger partial charge in [-0.05, 0) is 22.8 Å². The van der Waals surface area contributed by atoms with Crippen molar-refractivity contribution in [2.45, 2.75) is 29.9 Å². The van der Waals surface area contributed by atoms with Crippen molar-refractivity contribution in [2.24, 2.45) is 0 Å². The molecule has 4 heterocycles. The number of hydrogen-bond donors (Lipinski definition) is 1. The first-order chi connectivity index (χ1) is 13.8.